The summed E-state index contributed by atoms with van der Waals surface area (Å²) in [6.07, 6.45) is 6.49. The largest absolute Gasteiger partial charge is 0.480 e. The van der Waals surface area contributed by atoms with Crippen molar-refractivity contribution in [1.29, 1.82) is 0 Å². The molecule has 1 aliphatic carbocycles. The molecule has 4 rings (SSSR count). The third kappa shape index (κ3) is 3.88. The van der Waals surface area contributed by atoms with Crippen LogP contribution in [0.2, 0.25) is 0 Å². The number of aryl methyl sites for hydroxylation is 2. The van der Waals surface area contributed by atoms with E-state index in [-0.39, 0.29) is 11.5 Å². The first-order valence-corrected chi connectivity index (χ1v) is 9.96. The predicted molar refractivity (Wildman–Crippen MR) is 110 cm³/mol. The first-order chi connectivity index (χ1) is 14.0. The minimum absolute atomic E-state index is 0.222. The number of ether oxygens (including phenoxy) is 1. The van der Waals surface area contributed by atoms with Gasteiger partial charge in [0.15, 0.2) is 6.10 Å². The zero-order valence-electron chi connectivity index (χ0n) is 16.7. The molecular formula is C23H24N2O4. The van der Waals surface area contributed by atoms with Gasteiger partial charge in [-0.05, 0) is 68.9 Å². The Hall–Kier alpha value is -3.15. The number of aromatic nitrogens is 1. The SMILES string of the molecule is Cc1c(O[C@H](C)C(=O)NCc2cccnc2)ccc2c3c(c(=O)oc12)CCCC3. The number of pyridine rings is 1. The van der Waals surface area contributed by atoms with E-state index in [9.17, 15) is 9.59 Å². The van der Waals surface area contributed by atoms with Crippen molar-refractivity contribution in [2.45, 2.75) is 52.2 Å². The minimum Gasteiger partial charge on any atom is -0.480 e. The smallest absolute Gasteiger partial charge is 0.339 e. The van der Waals surface area contributed by atoms with Gasteiger partial charge in [-0.1, -0.05) is 6.07 Å². The molecule has 2 aromatic heterocycles. The number of carbonyl (C=O) groups excluding carboxylic acids is 1. The van der Waals surface area contributed by atoms with Crippen molar-refractivity contribution in [3.05, 3.63) is 69.3 Å². The molecule has 0 radical (unpaired) electrons. The van der Waals surface area contributed by atoms with Crippen LogP contribution in [0.1, 0.15) is 42.0 Å². The van der Waals surface area contributed by atoms with E-state index in [1.807, 2.05) is 31.2 Å². The molecule has 6 heteroatoms. The van der Waals surface area contributed by atoms with Gasteiger partial charge in [0, 0.05) is 35.5 Å². The zero-order valence-corrected chi connectivity index (χ0v) is 16.7. The lowest BCUT2D eigenvalue weighted by Gasteiger charge is -2.19. The normalized spacial score (nSPS) is 14.3. The molecular weight excluding hydrogens is 368 g/mol. The summed E-state index contributed by atoms with van der Waals surface area (Å²) in [5, 5.41) is 3.82. The molecule has 3 aromatic rings. The molecule has 0 unspecified atom stereocenters. The highest BCUT2D eigenvalue weighted by Crippen LogP contribution is 2.32. The third-order valence-electron chi connectivity index (χ3n) is 5.45. The van der Waals surface area contributed by atoms with Crippen LogP contribution in [0.5, 0.6) is 5.75 Å². The number of amides is 1. The van der Waals surface area contributed by atoms with Crippen LogP contribution in [-0.2, 0) is 24.2 Å². The van der Waals surface area contributed by atoms with E-state index < -0.39 is 6.10 Å². The Kier molecular flexibility index (Phi) is 5.34. The van der Waals surface area contributed by atoms with E-state index in [1.165, 1.54) is 0 Å². The number of carbonyl (C=O) groups is 1. The number of nitrogens with one attached hydrogen (secondary N) is 1. The number of benzene rings is 1. The molecule has 150 valence electrons. The van der Waals surface area contributed by atoms with Crippen molar-refractivity contribution >= 4 is 16.9 Å². The molecule has 1 amide bonds. The summed E-state index contributed by atoms with van der Waals surface area (Å²) in [6, 6.07) is 7.52. The highest BCUT2D eigenvalue weighted by molar-refractivity contribution is 5.86. The number of nitrogens with zero attached hydrogens (tertiary/aromatic N) is 1. The molecule has 29 heavy (non-hydrogen) atoms. The fraction of sp³-hybridized carbons (Fsp3) is 0.348. The summed E-state index contributed by atoms with van der Waals surface area (Å²) in [5.74, 6) is 0.320. The molecule has 6 nitrogen and oxygen atoms in total. The first kappa shape index (κ1) is 19.2. The monoisotopic (exact) mass is 392 g/mol. The van der Waals surface area contributed by atoms with Gasteiger partial charge >= 0.3 is 5.63 Å². The maximum Gasteiger partial charge on any atom is 0.339 e. The van der Waals surface area contributed by atoms with Crippen molar-refractivity contribution < 1.29 is 13.9 Å². The Labute approximate surface area is 168 Å². The van der Waals surface area contributed by atoms with Gasteiger partial charge in [-0.3, -0.25) is 9.78 Å². The minimum atomic E-state index is -0.688. The van der Waals surface area contributed by atoms with E-state index in [1.54, 1.807) is 19.3 Å². The van der Waals surface area contributed by atoms with E-state index in [2.05, 4.69) is 10.3 Å². The van der Waals surface area contributed by atoms with Crippen LogP contribution >= 0.6 is 0 Å². The highest BCUT2D eigenvalue weighted by atomic mass is 16.5. The molecule has 0 bridgehead atoms. The first-order valence-electron chi connectivity index (χ1n) is 9.96. The van der Waals surface area contributed by atoms with Gasteiger partial charge in [0.2, 0.25) is 0 Å². The number of hydrogen-bond donors (Lipinski definition) is 1. The van der Waals surface area contributed by atoms with Crippen molar-refractivity contribution in [3.8, 4) is 5.75 Å². The zero-order chi connectivity index (χ0) is 20.4. The topological polar surface area (TPSA) is 81.4 Å². The van der Waals surface area contributed by atoms with Crippen molar-refractivity contribution in [2.24, 2.45) is 0 Å². The van der Waals surface area contributed by atoms with Crippen LogP contribution in [0.25, 0.3) is 11.0 Å². The van der Waals surface area contributed by atoms with Crippen LogP contribution < -0.4 is 15.7 Å². The predicted octanol–water partition coefficient (Wildman–Crippen LogP) is 3.46. The molecule has 0 spiro atoms. The fourth-order valence-corrected chi connectivity index (χ4v) is 3.83. The quantitative estimate of drug-likeness (QED) is 0.673. The number of hydrogen-bond acceptors (Lipinski definition) is 5. The molecule has 0 aliphatic heterocycles. The van der Waals surface area contributed by atoms with Crippen LogP contribution in [0.15, 0.2) is 45.9 Å². The number of rotatable bonds is 5. The second-order valence-electron chi connectivity index (χ2n) is 7.46. The lowest BCUT2D eigenvalue weighted by Crippen LogP contribution is -2.36. The van der Waals surface area contributed by atoms with Crippen molar-refractivity contribution in [1.82, 2.24) is 10.3 Å². The Morgan fingerprint density at radius 2 is 2.03 bits per heavy atom. The molecule has 1 N–H and O–H groups in total. The Bertz CT molecular complexity index is 1110. The lowest BCUT2D eigenvalue weighted by atomic mass is 9.90. The van der Waals surface area contributed by atoms with E-state index in [4.69, 9.17) is 9.15 Å². The molecule has 0 fully saturated rings. The van der Waals surface area contributed by atoms with Gasteiger partial charge in [-0.25, -0.2) is 4.79 Å². The summed E-state index contributed by atoms with van der Waals surface area (Å²) in [4.78, 5) is 28.9. The van der Waals surface area contributed by atoms with Crippen molar-refractivity contribution in [3.63, 3.8) is 0 Å². The molecule has 1 aliphatic rings. The van der Waals surface area contributed by atoms with E-state index >= 15 is 0 Å². The van der Waals surface area contributed by atoms with Gasteiger partial charge in [-0.2, -0.15) is 0 Å². The standard InChI is InChI=1S/C23H24N2O4/c1-14-20(28-15(2)22(26)25-13-16-6-5-11-24-12-16)10-9-18-17-7-3-4-8-19(17)23(27)29-21(14)18/h5-6,9-12,15H,3-4,7-8,13H2,1-2H3,(H,25,26)/t15-/m1/s1. The highest BCUT2D eigenvalue weighted by Gasteiger charge is 2.21. The summed E-state index contributed by atoms with van der Waals surface area (Å²) < 4.78 is 11.5. The maximum atomic E-state index is 12.4. The number of fused-ring (bicyclic) bond motifs is 3. The Morgan fingerprint density at radius 1 is 1.24 bits per heavy atom. The summed E-state index contributed by atoms with van der Waals surface area (Å²) in [5.41, 5.74) is 3.85. The maximum absolute atomic E-state index is 12.4. The molecule has 2 heterocycles. The fourth-order valence-electron chi connectivity index (χ4n) is 3.83. The second-order valence-corrected chi connectivity index (χ2v) is 7.46. The second kappa shape index (κ2) is 8.07. The third-order valence-corrected chi connectivity index (χ3v) is 5.45. The van der Waals surface area contributed by atoms with Gasteiger partial charge in [0.25, 0.3) is 5.91 Å². The van der Waals surface area contributed by atoms with E-state index in [0.29, 0.717) is 17.9 Å². The average molecular weight is 392 g/mol. The van der Waals surface area contributed by atoms with Gasteiger partial charge < -0.3 is 14.5 Å². The van der Waals surface area contributed by atoms with Crippen LogP contribution in [-0.4, -0.2) is 17.0 Å². The van der Waals surface area contributed by atoms with Crippen LogP contribution in [0.4, 0.5) is 0 Å². The Morgan fingerprint density at radius 3 is 2.79 bits per heavy atom. The van der Waals surface area contributed by atoms with Gasteiger partial charge in [0.05, 0.1) is 0 Å². The summed E-state index contributed by atoms with van der Waals surface area (Å²) >= 11 is 0. The average Bonchev–Trinajstić information content (AvgIpc) is 2.75. The van der Waals surface area contributed by atoms with Crippen LogP contribution in [0.3, 0.4) is 0 Å². The molecule has 1 atom stereocenters. The van der Waals surface area contributed by atoms with Crippen LogP contribution in [0, 0.1) is 6.92 Å². The molecule has 1 aromatic carbocycles. The van der Waals surface area contributed by atoms with Crippen molar-refractivity contribution in [2.75, 3.05) is 0 Å². The molecule has 0 saturated heterocycles. The van der Waals surface area contributed by atoms with Gasteiger partial charge in [-0.15, -0.1) is 0 Å². The summed E-state index contributed by atoms with van der Waals surface area (Å²) in [7, 11) is 0. The summed E-state index contributed by atoms with van der Waals surface area (Å²) in [6.45, 7) is 3.94. The van der Waals surface area contributed by atoms with E-state index in [0.717, 1.165) is 53.3 Å². The Balaban J connectivity index is 1.54. The lowest BCUT2D eigenvalue weighted by molar-refractivity contribution is -0.127. The van der Waals surface area contributed by atoms with Gasteiger partial charge in [0.1, 0.15) is 11.3 Å². The molecule has 0 saturated carbocycles.